The fourth-order valence-corrected chi connectivity index (χ4v) is 5.27. The van der Waals surface area contributed by atoms with Crippen molar-refractivity contribution in [2.45, 2.75) is 158 Å². The fourth-order valence-electron chi connectivity index (χ4n) is 5.27. The van der Waals surface area contributed by atoms with Crippen LogP contribution in [0.3, 0.4) is 0 Å². The number of anilines is 3. The van der Waals surface area contributed by atoms with Crippen LogP contribution in [0.2, 0.25) is 0 Å². The summed E-state index contributed by atoms with van der Waals surface area (Å²) in [7, 11) is 5.31. The van der Waals surface area contributed by atoms with Crippen LogP contribution >= 0.6 is 0 Å². The van der Waals surface area contributed by atoms with Crippen LogP contribution in [0.15, 0.2) is 47.7 Å². The van der Waals surface area contributed by atoms with Gasteiger partial charge < -0.3 is 59.6 Å². The largest absolute Gasteiger partial charge is 0.416 e. The average molecular weight is 1150 g/mol. The van der Waals surface area contributed by atoms with E-state index in [2.05, 4.69) is 81.5 Å². The van der Waals surface area contributed by atoms with E-state index in [0.29, 0.717) is 42.5 Å². The summed E-state index contributed by atoms with van der Waals surface area (Å²) >= 11 is 0. The molecule has 4 amide bonds. The Balaban J connectivity index is -0.000000300. The van der Waals surface area contributed by atoms with Gasteiger partial charge in [0.25, 0.3) is 5.91 Å². The molecule has 458 valence electrons. The van der Waals surface area contributed by atoms with E-state index in [1.807, 2.05) is 27.9 Å². The van der Waals surface area contributed by atoms with Crippen molar-refractivity contribution in [2.75, 3.05) is 69.8 Å². The third kappa shape index (κ3) is 47.3. The molecule has 0 spiro atoms. The second-order valence-corrected chi connectivity index (χ2v) is 17.1. The summed E-state index contributed by atoms with van der Waals surface area (Å²) in [6, 6.07) is 6.22. The molecule has 0 aliphatic heterocycles. The van der Waals surface area contributed by atoms with Gasteiger partial charge in [-0.2, -0.15) is 26.3 Å². The zero-order valence-electron chi connectivity index (χ0n) is 49.3. The van der Waals surface area contributed by atoms with Gasteiger partial charge in [-0.05, 0) is 102 Å². The molecule has 2 aromatic carbocycles. The number of guanidine groups is 1. The van der Waals surface area contributed by atoms with Crippen molar-refractivity contribution in [3.63, 3.8) is 0 Å². The standard InChI is InChI=1S/C17H25F3N2O.C14H10F3N3O2.C6H13N3O.2C5H12N2O.2C3H8.C2H7N/c1-4-5-6-7-8-9-16(23)22-15-11-13(17(18,19)20)10-14(21-3)12(15)2;1-8-2-3-9(14(15,16)17)4-11(8)20-13(22)12-5-10(6-21)18-7-19-12;7-6(8)9-4-2-1-3-5-10;2*1-2-3-7-5(8)4-6;3*1-3-2/h10-11,21H,4-9H2,1-3H3,(H,22,23);2-7H,1H3,(H,20,22);5H,1-4H2,(H4,7,8,9);2*2-4,6H2,1H3,(H,7,8);2*3H2,1-2H3;3H,1-2H3. The van der Waals surface area contributed by atoms with E-state index in [1.54, 1.807) is 20.9 Å². The maximum atomic E-state index is 12.9. The Morgan fingerprint density at radius 3 is 1.56 bits per heavy atom. The lowest BCUT2D eigenvalue weighted by atomic mass is 10.1. The number of hydrogen-bond donors (Lipinski definition) is 10. The molecule has 14 N–H and O–H groups in total. The number of amides is 4. The van der Waals surface area contributed by atoms with Gasteiger partial charge in [-0.25, -0.2) is 9.97 Å². The first-order chi connectivity index (χ1) is 37.7. The Labute approximate surface area is 471 Å². The van der Waals surface area contributed by atoms with Gasteiger partial charge in [-0.1, -0.05) is 93.1 Å². The zero-order valence-corrected chi connectivity index (χ0v) is 49.3. The minimum absolute atomic E-state index is 0.000846. The van der Waals surface area contributed by atoms with Gasteiger partial charge in [0.15, 0.2) is 12.2 Å². The third-order valence-corrected chi connectivity index (χ3v) is 9.18. The van der Waals surface area contributed by atoms with Gasteiger partial charge in [-0.3, -0.25) is 29.0 Å². The van der Waals surface area contributed by atoms with Crippen molar-refractivity contribution in [1.82, 2.24) is 25.9 Å². The van der Waals surface area contributed by atoms with Gasteiger partial charge in [0.2, 0.25) is 17.7 Å². The number of aryl methyl sites for hydroxylation is 1. The van der Waals surface area contributed by atoms with Crippen LogP contribution in [0, 0.1) is 13.8 Å². The summed E-state index contributed by atoms with van der Waals surface area (Å²) in [6.45, 7) is 20.1. The summed E-state index contributed by atoms with van der Waals surface area (Å²) in [5.74, 6) is -1.01. The second kappa shape index (κ2) is 52.9. The van der Waals surface area contributed by atoms with Crippen LogP contribution in [0.1, 0.15) is 175 Å². The predicted molar refractivity (Wildman–Crippen MR) is 312 cm³/mol. The highest BCUT2D eigenvalue weighted by Gasteiger charge is 2.32. The predicted octanol–water partition coefficient (Wildman–Crippen LogP) is 9.46. The van der Waals surface area contributed by atoms with Crippen LogP contribution in [0.25, 0.3) is 0 Å². The van der Waals surface area contributed by atoms with Crippen molar-refractivity contribution in [2.24, 2.45) is 27.9 Å². The van der Waals surface area contributed by atoms with Gasteiger partial charge >= 0.3 is 12.4 Å². The second-order valence-electron chi connectivity index (χ2n) is 17.1. The molecular weight excluding hydrogens is 1050 g/mol. The van der Waals surface area contributed by atoms with E-state index in [0.717, 1.165) is 114 Å². The highest BCUT2D eigenvalue weighted by atomic mass is 19.4. The molecule has 0 atom stereocenters. The number of benzene rings is 2. The van der Waals surface area contributed by atoms with Crippen LogP contribution in [0.5, 0.6) is 0 Å². The Morgan fingerprint density at radius 2 is 1.12 bits per heavy atom. The Morgan fingerprint density at radius 1 is 0.625 bits per heavy atom. The molecule has 0 aliphatic rings. The van der Waals surface area contributed by atoms with E-state index in [9.17, 15) is 55.1 Å². The number of aromatic nitrogens is 2. The van der Waals surface area contributed by atoms with E-state index >= 15 is 0 Å². The Hall–Kier alpha value is -6.73. The molecular formula is C55H95F6N13O6. The highest BCUT2D eigenvalue weighted by molar-refractivity contribution is 6.03. The Bertz CT molecular complexity index is 2120. The van der Waals surface area contributed by atoms with Crippen LogP contribution < -0.4 is 54.8 Å². The fraction of sp³-hybridized carbons (Fsp3) is 0.582. The molecule has 80 heavy (non-hydrogen) atoms. The number of halogens is 6. The molecule has 0 fully saturated rings. The molecule has 0 radical (unpaired) electrons. The van der Waals surface area contributed by atoms with Gasteiger partial charge in [0.1, 0.15) is 24.0 Å². The van der Waals surface area contributed by atoms with Crippen molar-refractivity contribution >= 4 is 59.2 Å². The molecule has 3 rings (SSSR count). The number of nitrogens with two attached hydrogens (primary N) is 4. The SMILES string of the molecule is CCC.CCC.CCCCCCCC(=O)Nc1cc(C(F)(F)F)cc(NC)c1C.CCCNC(=O)CN.CCCNC(=O)CN.CNC.Cc1ccc(C(F)(F)F)cc1NC(=O)c1cc(C=O)ncn1.NC(N)=NCCCCC=O. The summed E-state index contributed by atoms with van der Waals surface area (Å²) in [5.41, 5.74) is 20.0. The molecule has 19 nitrogen and oxygen atoms in total. The zero-order chi connectivity index (χ0) is 62.5. The third-order valence-electron chi connectivity index (χ3n) is 9.18. The summed E-state index contributed by atoms with van der Waals surface area (Å²) in [5, 5.41) is 15.7. The van der Waals surface area contributed by atoms with Crippen LogP contribution in [-0.4, -0.2) is 106 Å². The van der Waals surface area contributed by atoms with Gasteiger partial charge in [0, 0.05) is 56.6 Å². The topological polar surface area (TPSA) is 317 Å². The maximum absolute atomic E-state index is 12.9. The molecule has 1 aromatic heterocycles. The number of carbonyl (C=O) groups is 6. The number of rotatable bonds is 22. The maximum Gasteiger partial charge on any atom is 0.416 e. The smallest absolute Gasteiger partial charge is 0.388 e. The van der Waals surface area contributed by atoms with Crippen LogP contribution in [-0.2, 0) is 31.5 Å². The molecule has 0 unspecified atom stereocenters. The van der Waals surface area contributed by atoms with Crippen molar-refractivity contribution in [1.29, 1.82) is 0 Å². The van der Waals surface area contributed by atoms with E-state index in [1.165, 1.54) is 18.9 Å². The number of nitrogens with zero attached hydrogens (tertiary/aromatic N) is 3. The number of unbranched alkanes of at least 4 members (excludes halogenated alkanes) is 6. The molecule has 0 saturated heterocycles. The van der Waals surface area contributed by atoms with Crippen molar-refractivity contribution in [3.05, 3.63) is 76.4 Å². The van der Waals surface area contributed by atoms with Crippen LogP contribution in [0.4, 0.5) is 43.4 Å². The van der Waals surface area contributed by atoms with E-state index in [-0.39, 0.29) is 59.5 Å². The number of nitrogens with one attached hydrogen (secondary N) is 6. The van der Waals surface area contributed by atoms with E-state index < -0.39 is 29.4 Å². The number of carbonyl (C=O) groups excluding carboxylic acids is 6. The molecule has 0 aliphatic carbocycles. The van der Waals surface area contributed by atoms with E-state index in [4.69, 9.17) is 22.9 Å². The highest BCUT2D eigenvalue weighted by Crippen LogP contribution is 2.36. The average Bonchev–Trinajstić information content (AvgIpc) is 3.41. The Kier molecular flexibility index (Phi) is 54.3. The van der Waals surface area contributed by atoms with Gasteiger partial charge in [0.05, 0.1) is 24.2 Å². The van der Waals surface area contributed by atoms with Crippen molar-refractivity contribution < 1.29 is 55.1 Å². The summed E-state index contributed by atoms with van der Waals surface area (Å²) in [6.07, 6.45) is 5.56. The van der Waals surface area contributed by atoms with Gasteiger partial charge in [-0.15, -0.1) is 0 Å². The molecule has 0 bridgehead atoms. The molecule has 0 saturated carbocycles. The minimum atomic E-state index is -4.51. The quantitative estimate of drug-likeness (QED) is 0.0147. The first-order valence-electron chi connectivity index (χ1n) is 26.7. The number of hydrogen-bond acceptors (Lipinski definition) is 13. The molecule has 1 heterocycles. The van der Waals surface area contributed by atoms with Crippen molar-refractivity contribution in [3.8, 4) is 0 Å². The lowest BCUT2D eigenvalue weighted by Gasteiger charge is -2.16. The normalized spacial score (nSPS) is 9.85. The summed E-state index contributed by atoms with van der Waals surface area (Å²) in [4.78, 5) is 76.1. The molecule has 25 heteroatoms. The monoisotopic (exact) mass is 1150 g/mol. The number of aliphatic imine (C=N–C) groups is 1. The first-order valence-corrected chi connectivity index (χ1v) is 26.7. The number of aldehydes is 2. The minimum Gasteiger partial charge on any atom is -0.388 e. The summed E-state index contributed by atoms with van der Waals surface area (Å²) < 4.78 is 76.9. The number of alkyl halides is 6. The molecule has 3 aromatic rings. The lowest BCUT2D eigenvalue weighted by Crippen LogP contribution is -2.30. The lowest BCUT2D eigenvalue weighted by molar-refractivity contribution is -0.138. The first kappa shape index (κ1) is 82.1.